The van der Waals surface area contributed by atoms with Crippen molar-refractivity contribution >= 4 is 21.2 Å². The molecule has 0 aromatic heterocycles. The van der Waals surface area contributed by atoms with Gasteiger partial charge in [0, 0.05) is 13.0 Å². The molecule has 0 saturated heterocycles. The van der Waals surface area contributed by atoms with Crippen molar-refractivity contribution in [1.29, 1.82) is 0 Å². The molecule has 2 rings (SSSR count). The van der Waals surface area contributed by atoms with Gasteiger partial charge in [-0.05, 0) is 36.1 Å². The predicted molar refractivity (Wildman–Crippen MR) is 79.8 cm³/mol. The normalized spacial score (nSPS) is 18.1. The Morgan fingerprint density at radius 1 is 1.26 bits per heavy atom. The predicted octanol–water partition coefficient (Wildman–Crippen LogP) is 0.828. The van der Waals surface area contributed by atoms with E-state index in [-0.39, 0.29) is 0 Å². The van der Waals surface area contributed by atoms with Gasteiger partial charge in [0.15, 0.2) is 0 Å². The molecule has 1 aliphatic rings. The minimum absolute atomic E-state index is 0.346. The maximum Gasteiger partial charge on any atom is 0.354 e. The van der Waals surface area contributed by atoms with Crippen LogP contribution in [0.15, 0.2) is 18.2 Å². The highest BCUT2D eigenvalue weighted by Crippen LogP contribution is 2.59. The van der Waals surface area contributed by atoms with E-state index in [2.05, 4.69) is 5.32 Å². The summed E-state index contributed by atoms with van der Waals surface area (Å²) in [6, 6.07) is 4.14. The molecular weight excluding hydrogens is 348 g/mol. The van der Waals surface area contributed by atoms with E-state index in [0.717, 1.165) is 5.56 Å². The second kappa shape index (κ2) is 6.45. The van der Waals surface area contributed by atoms with E-state index in [1.165, 1.54) is 13.0 Å². The van der Waals surface area contributed by atoms with Gasteiger partial charge in [-0.2, -0.15) is 0 Å². The van der Waals surface area contributed by atoms with Crippen molar-refractivity contribution in [3.05, 3.63) is 29.3 Å². The van der Waals surface area contributed by atoms with Gasteiger partial charge in [0.1, 0.15) is 5.75 Å². The number of hydrogen-bond acceptors (Lipinski definition) is 5. The lowest BCUT2D eigenvalue weighted by molar-refractivity contribution is -0.131. The average Bonchev–Trinajstić information content (AvgIpc) is 2.74. The highest BCUT2D eigenvalue weighted by molar-refractivity contribution is 7.70. The smallest absolute Gasteiger partial charge is 0.354 e. The molecule has 1 aromatic rings. The first-order valence-electron chi connectivity index (χ1n) is 6.66. The van der Waals surface area contributed by atoms with Crippen LogP contribution in [0.2, 0.25) is 0 Å². The summed E-state index contributed by atoms with van der Waals surface area (Å²) in [5.74, 6) is -0.126. The van der Waals surface area contributed by atoms with Crippen LogP contribution in [0.5, 0.6) is 5.75 Å². The maximum atomic E-state index is 11.3. The average molecular weight is 365 g/mol. The zero-order valence-corrected chi connectivity index (χ0v) is 13.9. The summed E-state index contributed by atoms with van der Waals surface area (Å²) in [4.78, 5) is 47.6. The zero-order valence-electron chi connectivity index (χ0n) is 12.1. The lowest BCUT2D eigenvalue weighted by Crippen LogP contribution is -2.31. The molecule has 1 aromatic carbocycles. The third-order valence-electron chi connectivity index (χ3n) is 3.44. The molecule has 5 N–H and O–H groups in total. The molecule has 0 bridgehead atoms. The van der Waals surface area contributed by atoms with Crippen LogP contribution in [0.25, 0.3) is 0 Å². The van der Waals surface area contributed by atoms with Crippen molar-refractivity contribution in [3.8, 4) is 5.75 Å². The minimum atomic E-state index is -5.03. The van der Waals surface area contributed by atoms with Gasteiger partial charge in [0.05, 0.1) is 0 Å². The number of aryl methyl sites for hydroxylation is 1. The Balaban J connectivity index is 2.24. The Morgan fingerprint density at radius 2 is 1.87 bits per heavy atom. The van der Waals surface area contributed by atoms with Crippen LogP contribution in [0, 0.1) is 0 Å². The molecular formula is C12H17NO8P2. The van der Waals surface area contributed by atoms with Gasteiger partial charge >= 0.3 is 21.2 Å². The number of rotatable bonds is 5. The van der Waals surface area contributed by atoms with Crippen LogP contribution in [-0.2, 0) is 20.3 Å². The molecule has 0 fully saturated rings. The molecule has 1 unspecified atom stereocenters. The van der Waals surface area contributed by atoms with Crippen LogP contribution in [0.4, 0.5) is 0 Å². The monoisotopic (exact) mass is 365 g/mol. The molecule has 23 heavy (non-hydrogen) atoms. The number of carbonyl (C=O) groups is 1. The fraction of sp³-hybridized carbons (Fsp3) is 0.417. The van der Waals surface area contributed by atoms with Gasteiger partial charge < -0.3 is 24.3 Å². The first-order chi connectivity index (χ1) is 10.5. The van der Waals surface area contributed by atoms with Crippen molar-refractivity contribution in [2.24, 2.45) is 0 Å². The number of carbonyl (C=O) groups excluding carboxylic acids is 1. The molecule has 0 radical (unpaired) electrons. The SMILES string of the molecule is CC(=O)Oc1ccc2c(c1)CCC2NC(P(=O)(O)O)P(=O)(O)O. The van der Waals surface area contributed by atoms with Gasteiger partial charge in [0.2, 0.25) is 5.52 Å². The highest BCUT2D eigenvalue weighted by Gasteiger charge is 2.45. The third-order valence-corrected chi connectivity index (χ3v) is 6.82. The van der Waals surface area contributed by atoms with Gasteiger partial charge in [-0.15, -0.1) is 0 Å². The summed E-state index contributed by atoms with van der Waals surface area (Å²) >= 11 is 0. The van der Waals surface area contributed by atoms with E-state index in [9.17, 15) is 13.9 Å². The fourth-order valence-electron chi connectivity index (χ4n) is 2.57. The first kappa shape index (κ1) is 18.3. The lowest BCUT2D eigenvalue weighted by Gasteiger charge is -2.25. The van der Waals surface area contributed by atoms with Crippen molar-refractivity contribution in [2.45, 2.75) is 31.3 Å². The van der Waals surface area contributed by atoms with E-state index >= 15 is 0 Å². The highest BCUT2D eigenvalue weighted by atomic mass is 31.2. The van der Waals surface area contributed by atoms with Crippen molar-refractivity contribution in [2.75, 3.05) is 0 Å². The molecule has 0 heterocycles. The van der Waals surface area contributed by atoms with Crippen molar-refractivity contribution in [3.63, 3.8) is 0 Å². The summed E-state index contributed by atoms with van der Waals surface area (Å²) in [6.07, 6.45) is 0.937. The van der Waals surface area contributed by atoms with E-state index in [0.29, 0.717) is 24.2 Å². The van der Waals surface area contributed by atoms with E-state index in [4.69, 9.17) is 24.3 Å². The van der Waals surface area contributed by atoms with Gasteiger partial charge in [0.25, 0.3) is 0 Å². The quantitative estimate of drug-likeness (QED) is 0.290. The van der Waals surface area contributed by atoms with E-state index in [1.54, 1.807) is 12.1 Å². The van der Waals surface area contributed by atoms with Gasteiger partial charge in [-0.25, -0.2) is 0 Å². The summed E-state index contributed by atoms with van der Waals surface area (Å²) in [5.41, 5.74) is -0.802. The standard InChI is InChI=1S/C12H17NO8P2/c1-7(14)21-9-3-4-10-8(6-9)2-5-11(10)13-12(22(15,16)17)23(18,19)20/h3-4,6,11-13H,2,5H2,1H3,(H2,15,16,17)(H2,18,19,20). The Bertz CT molecular complexity index is 687. The van der Waals surface area contributed by atoms with E-state index < -0.39 is 32.7 Å². The maximum absolute atomic E-state index is 11.3. The molecule has 11 heteroatoms. The van der Waals surface area contributed by atoms with Crippen LogP contribution in [0.3, 0.4) is 0 Å². The minimum Gasteiger partial charge on any atom is -0.427 e. The summed E-state index contributed by atoms with van der Waals surface area (Å²) in [5, 5.41) is 2.38. The molecule has 128 valence electrons. The number of esters is 1. The second-order valence-corrected chi connectivity index (χ2v) is 9.06. The summed E-state index contributed by atoms with van der Waals surface area (Å²) in [6.45, 7) is 1.27. The molecule has 0 spiro atoms. The zero-order chi connectivity index (χ0) is 17.4. The number of fused-ring (bicyclic) bond motifs is 1. The van der Waals surface area contributed by atoms with E-state index in [1.807, 2.05) is 0 Å². The molecule has 0 amide bonds. The molecule has 1 aliphatic carbocycles. The van der Waals surface area contributed by atoms with Crippen LogP contribution in [-0.4, -0.2) is 31.1 Å². The summed E-state index contributed by atoms with van der Waals surface area (Å²) in [7, 11) is -10.1. The Kier molecular flexibility index (Phi) is 5.13. The van der Waals surface area contributed by atoms with Crippen LogP contribution in [0.1, 0.15) is 30.5 Å². The number of hydrogen-bond donors (Lipinski definition) is 5. The lowest BCUT2D eigenvalue weighted by atomic mass is 10.1. The molecule has 1 atom stereocenters. The Morgan fingerprint density at radius 3 is 2.39 bits per heavy atom. The Hall–Kier alpha value is -1.05. The van der Waals surface area contributed by atoms with Crippen LogP contribution < -0.4 is 10.1 Å². The number of ether oxygens (including phenoxy) is 1. The number of benzene rings is 1. The second-order valence-electron chi connectivity index (χ2n) is 5.26. The van der Waals surface area contributed by atoms with Gasteiger partial charge in [-0.1, -0.05) is 6.07 Å². The molecule has 0 saturated carbocycles. The van der Waals surface area contributed by atoms with Crippen LogP contribution >= 0.6 is 15.2 Å². The van der Waals surface area contributed by atoms with Gasteiger partial charge in [-0.3, -0.25) is 19.2 Å². The Labute approximate surface area is 132 Å². The molecule has 0 aliphatic heterocycles. The fourth-order valence-corrected chi connectivity index (χ4v) is 4.88. The number of nitrogens with one attached hydrogen (secondary N) is 1. The molecule has 9 nitrogen and oxygen atoms in total. The summed E-state index contributed by atoms with van der Waals surface area (Å²) < 4.78 is 27.6. The van der Waals surface area contributed by atoms with Crippen molar-refractivity contribution < 1.29 is 38.2 Å². The largest absolute Gasteiger partial charge is 0.427 e. The van der Waals surface area contributed by atoms with Crippen molar-refractivity contribution in [1.82, 2.24) is 5.32 Å². The first-order valence-corrected chi connectivity index (χ1v) is 10.0. The third kappa shape index (κ3) is 4.49. The topological polar surface area (TPSA) is 153 Å².